The van der Waals surface area contributed by atoms with Crippen LogP contribution in [0.3, 0.4) is 0 Å². The molecule has 21 heavy (non-hydrogen) atoms. The maximum Gasteiger partial charge on any atom is 0.323 e. The van der Waals surface area contributed by atoms with Crippen molar-refractivity contribution in [2.75, 3.05) is 6.54 Å². The number of benzene rings is 1. The summed E-state index contributed by atoms with van der Waals surface area (Å²) in [5.41, 5.74) is 0.956. The second-order valence-corrected chi connectivity index (χ2v) is 5.92. The predicted octanol–water partition coefficient (Wildman–Crippen LogP) is 3.40. The van der Waals surface area contributed by atoms with Crippen molar-refractivity contribution in [2.45, 2.75) is 39.3 Å². The molecule has 0 aliphatic heterocycles. The molecule has 0 heterocycles. The zero-order chi connectivity index (χ0) is 16.0. The van der Waals surface area contributed by atoms with Crippen molar-refractivity contribution in [3.63, 3.8) is 0 Å². The van der Waals surface area contributed by atoms with E-state index in [0.29, 0.717) is 6.42 Å². The number of carbonyl (C=O) groups is 2. The third-order valence-corrected chi connectivity index (χ3v) is 3.87. The van der Waals surface area contributed by atoms with E-state index in [-0.39, 0.29) is 24.7 Å². The molecule has 1 aromatic rings. The number of urea groups is 1. The van der Waals surface area contributed by atoms with Crippen molar-refractivity contribution in [2.24, 2.45) is 0 Å². The van der Waals surface area contributed by atoms with E-state index in [1.54, 1.807) is 0 Å². The summed E-state index contributed by atoms with van der Waals surface area (Å²) in [6.07, 6.45) is 0.700. The highest BCUT2D eigenvalue weighted by Crippen LogP contribution is 2.18. The molecule has 0 radical (unpaired) electrons. The first-order chi connectivity index (χ1) is 9.85. The number of rotatable bonds is 6. The van der Waals surface area contributed by atoms with Crippen molar-refractivity contribution in [1.29, 1.82) is 0 Å². The summed E-state index contributed by atoms with van der Waals surface area (Å²) in [5.74, 6) is -1.01. The van der Waals surface area contributed by atoms with Crippen LogP contribution in [0.5, 0.6) is 0 Å². The number of nitrogens with zero attached hydrogens (tertiary/aromatic N) is 1. The molecule has 2 N–H and O–H groups in total. The quantitative estimate of drug-likeness (QED) is 0.820. The van der Waals surface area contributed by atoms with Crippen molar-refractivity contribution >= 4 is 27.9 Å². The number of hydrogen-bond acceptors (Lipinski definition) is 2. The molecule has 0 aliphatic carbocycles. The third-order valence-electron chi connectivity index (χ3n) is 3.38. The van der Waals surface area contributed by atoms with Gasteiger partial charge in [0.05, 0.1) is 6.04 Å². The minimum absolute atomic E-state index is 0.129. The summed E-state index contributed by atoms with van der Waals surface area (Å²) in [6, 6.07) is 6.96. The van der Waals surface area contributed by atoms with Gasteiger partial charge in [-0.05, 0) is 38.0 Å². The van der Waals surface area contributed by atoms with Crippen LogP contribution in [0.1, 0.15) is 38.8 Å². The normalized spacial score (nSPS) is 13.3. The first-order valence-electron chi connectivity index (χ1n) is 6.89. The van der Waals surface area contributed by atoms with Crippen LogP contribution >= 0.6 is 15.9 Å². The molecule has 116 valence electrons. The van der Waals surface area contributed by atoms with E-state index in [0.717, 1.165) is 10.0 Å². The number of halogens is 1. The Kier molecular flexibility index (Phi) is 6.68. The number of aliphatic carboxylic acids is 1. The molecule has 0 fully saturated rings. The largest absolute Gasteiger partial charge is 0.480 e. The Morgan fingerprint density at radius 2 is 2.05 bits per heavy atom. The van der Waals surface area contributed by atoms with Gasteiger partial charge in [0.25, 0.3) is 0 Å². The minimum atomic E-state index is -1.01. The van der Waals surface area contributed by atoms with Gasteiger partial charge in [0.1, 0.15) is 6.54 Å². The zero-order valence-corrected chi connectivity index (χ0v) is 14.1. The molecule has 5 nitrogen and oxygen atoms in total. The van der Waals surface area contributed by atoms with Crippen LogP contribution in [0.25, 0.3) is 0 Å². The fraction of sp³-hybridized carbons (Fsp3) is 0.467. The monoisotopic (exact) mass is 356 g/mol. The Labute approximate surface area is 133 Å². The minimum Gasteiger partial charge on any atom is -0.480 e. The van der Waals surface area contributed by atoms with E-state index in [1.165, 1.54) is 4.90 Å². The average molecular weight is 357 g/mol. The molecule has 2 atom stereocenters. The third kappa shape index (κ3) is 5.38. The predicted molar refractivity (Wildman–Crippen MR) is 85.2 cm³/mol. The highest BCUT2D eigenvalue weighted by atomic mass is 79.9. The smallest absolute Gasteiger partial charge is 0.323 e. The van der Waals surface area contributed by atoms with Gasteiger partial charge < -0.3 is 15.3 Å². The summed E-state index contributed by atoms with van der Waals surface area (Å²) in [6.45, 7) is 5.33. The van der Waals surface area contributed by atoms with Gasteiger partial charge in [0.15, 0.2) is 0 Å². The Bertz CT molecular complexity index is 507. The molecule has 6 heteroatoms. The number of carbonyl (C=O) groups excluding carboxylic acids is 1. The SMILES string of the molecule is CCC(C)N(CC(=O)O)C(=O)NC(C)c1cccc(Br)c1. The zero-order valence-electron chi connectivity index (χ0n) is 12.5. The fourth-order valence-electron chi connectivity index (χ4n) is 1.92. The number of carboxylic acid groups (broad SMARTS) is 1. The van der Waals surface area contributed by atoms with Crippen LogP contribution < -0.4 is 5.32 Å². The van der Waals surface area contributed by atoms with Crippen molar-refractivity contribution in [3.8, 4) is 0 Å². The lowest BCUT2D eigenvalue weighted by Crippen LogP contribution is -2.47. The molecule has 0 bridgehead atoms. The summed E-state index contributed by atoms with van der Waals surface area (Å²) in [7, 11) is 0. The van der Waals surface area contributed by atoms with E-state index in [1.807, 2.05) is 45.0 Å². The molecule has 0 saturated carbocycles. The van der Waals surface area contributed by atoms with Crippen LogP contribution in [0.15, 0.2) is 28.7 Å². The highest BCUT2D eigenvalue weighted by molar-refractivity contribution is 9.10. The van der Waals surface area contributed by atoms with E-state index < -0.39 is 5.97 Å². The van der Waals surface area contributed by atoms with E-state index >= 15 is 0 Å². The molecule has 0 aliphatic rings. The maximum atomic E-state index is 12.3. The van der Waals surface area contributed by atoms with Crippen molar-refractivity contribution in [3.05, 3.63) is 34.3 Å². The fourth-order valence-corrected chi connectivity index (χ4v) is 2.34. The average Bonchev–Trinajstić information content (AvgIpc) is 2.43. The molecule has 0 spiro atoms. The van der Waals surface area contributed by atoms with Crippen LogP contribution in [0.2, 0.25) is 0 Å². The standard InChI is InChI=1S/C15H21BrN2O3/c1-4-10(2)18(9-14(19)20)15(21)17-11(3)12-6-5-7-13(16)8-12/h5-8,10-11H,4,9H2,1-3H3,(H,17,21)(H,19,20). The first-order valence-corrected chi connectivity index (χ1v) is 7.68. The Morgan fingerprint density at radius 1 is 1.38 bits per heavy atom. The Hall–Kier alpha value is -1.56. The number of hydrogen-bond donors (Lipinski definition) is 2. The molecule has 2 unspecified atom stereocenters. The van der Waals surface area contributed by atoms with Gasteiger partial charge in [0.2, 0.25) is 0 Å². The van der Waals surface area contributed by atoms with Gasteiger partial charge in [-0.2, -0.15) is 0 Å². The van der Waals surface area contributed by atoms with E-state index in [2.05, 4.69) is 21.2 Å². The van der Waals surface area contributed by atoms with Crippen LogP contribution in [0, 0.1) is 0 Å². The van der Waals surface area contributed by atoms with Crippen LogP contribution in [-0.2, 0) is 4.79 Å². The van der Waals surface area contributed by atoms with Gasteiger partial charge in [-0.1, -0.05) is 35.0 Å². The topological polar surface area (TPSA) is 69.6 Å². The first kappa shape index (κ1) is 17.5. The van der Waals surface area contributed by atoms with E-state index in [9.17, 15) is 9.59 Å². The molecule has 0 saturated heterocycles. The summed E-state index contributed by atoms with van der Waals surface area (Å²) >= 11 is 3.39. The lowest BCUT2D eigenvalue weighted by atomic mass is 10.1. The maximum absolute atomic E-state index is 12.3. The highest BCUT2D eigenvalue weighted by Gasteiger charge is 2.23. The van der Waals surface area contributed by atoms with Gasteiger partial charge in [-0.3, -0.25) is 4.79 Å². The van der Waals surface area contributed by atoms with E-state index in [4.69, 9.17) is 5.11 Å². The number of nitrogens with one attached hydrogen (secondary N) is 1. The number of amides is 2. The molecular weight excluding hydrogens is 336 g/mol. The lowest BCUT2D eigenvalue weighted by molar-refractivity contribution is -0.138. The molecule has 2 amide bonds. The van der Waals surface area contributed by atoms with Crippen molar-refractivity contribution in [1.82, 2.24) is 10.2 Å². The summed E-state index contributed by atoms with van der Waals surface area (Å²) in [5, 5.41) is 11.8. The molecular formula is C15H21BrN2O3. The Morgan fingerprint density at radius 3 is 2.57 bits per heavy atom. The molecule has 1 rings (SSSR count). The number of carboxylic acids is 1. The van der Waals surface area contributed by atoms with Gasteiger partial charge in [0, 0.05) is 10.5 Å². The summed E-state index contributed by atoms with van der Waals surface area (Å²) < 4.78 is 0.936. The van der Waals surface area contributed by atoms with Crippen molar-refractivity contribution < 1.29 is 14.7 Å². The second kappa shape index (κ2) is 8.02. The van der Waals surface area contributed by atoms with Gasteiger partial charge in [-0.15, -0.1) is 0 Å². The van der Waals surface area contributed by atoms with Crippen LogP contribution in [0.4, 0.5) is 4.79 Å². The second-order valence-electron chi connectivity index (χ2n) is 5.01. The Balaban J connectivity index is 2.78. The molecule has 1 aromatic carbocycles. The van der Waals surface area contributed by atoms with Gasteiger partial charge >= 0.3 is 12.0 Å². The van der Waals surface area contributed by atoms with Gasteiger partial charge in [-0.25, -0.2) is 4.79 Å². The molecule has 0 aromatic heterocycles. The lowest BCUT2D eigenvalue weighted by Gasteiger charge is -2.28. The summed E-state index contributed by atoms with van der Waals surface area (Å²) in [4.78, 5) is 24.5. The van der Waals surface area contributed by atoms with Crippen LogP contribution in [-0.4, -0.2) is 34.6 Å².